The molecule has 5 nitrogen and oxygen atoms in total. The van der Waals surface area contributed by atoms with Crippen LogP contribution in [0.3, 0.4) is 0 Å². The second-order valence-electron chi connectivity index (χ2n) is 7.33. The largest absolute Gasteiger partial charge is 0.488 e. The molecule has 0 spiro atoms. The summed E-state index contributed by atoms with van der Waals surface area (Å²) >= 11 is 6.45. The topological polar surface area (TPSA) is 60.3 Å². The van der Waals surface area contributed by atoms with Crippen molar-refractivity contribution in [1.82, 2.24) is 0 Å². The number of hydrogen-bond acceptors (Lipinski definition) is 5. The zero-order valence-corrected chi connectivity index (χ0v) is 17.9. The van der Waals surface area contributed by atoms with Crippen LogP contribution in [0, 0.1) is 0 Å². The maximum atomic E-state index is 10.1. The van der Waals surface area contributed by atoms with Crippen LogP contribution in [0.1, 0.15) is 42.6 Å². The second-order valence-corrected chi connectivity index (χ2v) is 7.74. The molecule has 0 radical (unpaired) electrons. The van der Waals surface area contributed by atoms with Crippen molar-refractivity contribution >= 4 is 17.3 Å². The lowest BCUT2D eigenvalue weighted by Gasteiger charge is -2.32. The van der Waals surface area contributed by atoms with Crippen LogP contribution in [0.5, 0.6) is 5.75 Å². The summed E-state index contributed by atoms with van der Waals surface area (Å²) < 4.78 is 17.0. The van der Waals surface area contributed by atoms with Gasteiger partial charge in [0.25, 0.3) is 0 Å². The first-order valence-corrected chi connectivity index (χ1v) is 10.1. The van der Waals surface area contributed by atoms with Crippen molar-refractivity contribution in [2.24, 2.45) is 4.99 Å². The van der Waals surface area contributed by atoms with Gasteiger partial charge in [0.2, 0.25) is 0 Å². The van der Waals surface area contributed by atoms with Crippen molar-refractivity contribution in [1.29, 1.82) is 0 Å². The zero-order valence-electron chi connectivity index (χ0n) is 17.1. The molecule has 2 aromatic carbocycles. The lowest BCUT2D eigenvalue weighted by molar-refractivity contribution is -0.205. The molecule has 3 unspecified atom stereocenters. The highest BCUT2D eigenvalue weighted by atomic mass is 35.5. The van der Waals surface area contributed by atoms with Gasteiger partial charge in [-0.2, -0.15) is 0 Å². The average Bonchev–Trinajstić information content (AvgIpc) is 2.74. The van der Waals surface area contributed by atoms with Gasteiger partial charge in [-0.05, 0) is 48.2 Å². The van der Waals surface area contributed by atoms with Crippen molar-refractivity contribution in [3.8, 4) is 5.75 Å². The highest BCUT2D eigenvalue weighted by molar-refractivity contribution is 6.31. The first kappa shape index (κ1) is 21.8. The van der Waals surface area contributed by atoms with Crippen LogP contribution >= 0.6 is 11.6 Å². The molecule has 29 heavy (non-hydrogen) atoms. The summed E-state index contributed by atoms with van der Waals surface area (Å²) in [7, 11) is 3.35. The molecular weight excluding hydrogens is 390 g/mol. The Labute approximate surface area is 177 Å². The Bertz CT molecular complexity index is 837. The number of hydrogen-bond donors (Lipinski definition) is 1. The second kappa shape index (κ2) is 10.2. The Hall–Kier alpha value is -1.92. The zero-order chi connectivity index (χ0) is 20.8. The molecule has 2 aromatic rings. The van der Waals surface area contributed by atoms with Gasteiger partial charge in [0.15, 0.2) is 6.29 Å². The average molecular weight is 418 g/mol. The normalized spacial score (nSPS) is 22.5. The SMILES string of the molecule is CN=C(C)COc1ccc(Cc2cc(C3CC(O)CC(OC)O3)ccc2Cl)cc1. The number of aliphatic imine (C=N–C) groups is 1. The first-order valence-electron chi connectivity index (χ1n) is 9.77. The van der Waals surface area contributed by atoms with Gasteiger partial charge in [0.1, 0.15) is 12.4 Å². The lowest BCUT2D eigenvalue weighted by atomic mass is 9.95. The van der Waals surface area contributed by atoms with Crippen LogP contribution in [-0.2, 0) is 15.9 Å². The van der Waals surface area contributed by atoms with E-state index in [0.29, 0.717) is 30.9 Å². The molecule has 1 N–H and O–H groups in total. The van der Waals surface area contributed by atoms with Gasteiger partial charge in [-0.1, -0.05) is 35.9 Å². The number of halogens is 1. The summed E-state index contributed by atoms with van der Waals surface area (Å²) in [6, 6.07) is 13.9. The number of aliphatic hydroxyl groups is 1. The monoisotopic (exact) mass is 417 g/mol. The van der Waals surface area contributed by atoms with E-state index in [9.17, 15) is 5.11 Å². The van der Waals surface area contributed by atoms with E-state index in [-0.39, 0.29) is 6.10 Å². The molecular formula is C23H28ClNO4. The van der Waals surface area contributed by atoms with Crippen LogP contribution in [0.25, 0.3) is 0 Å². The van der Waals surface area contributed by atoms with Crippen molar-refractivity contribution in [3.05, 3.63) is 64.2 Å². The van der Waals surface area contributed by atoms with Gasteiger partial charge in [-0.3, -0.25) is 4.99 Å². The fourth-order valence-corrected chi connectivity index (χ4v) is 3.52. The van der Waals surface area contributed by atoms with E-state index in [1.807, 2.05) is 43.3 Å². The number of aliphatic hydroxyl groups excluding tert-OH is 1. The molecule has 1 aliphatic rings. The molecule has 6 heteroatoms. The smallest absolute Gasteiger partial charge is 0.160 e. The van der Waals surface area contributed by atoms with E-state index in [0.717, 1.165) is 28.2 Å². The number of ether oxygens (including phenoxy) is 3. The Morgan fingerprint density at radius 3 is 2.66 bits per heavy atom. The van der Waals surface area contributed by atoms with Crippen molar-refractivity contribution in [2.75, 3.05) is 20.8 Å². The predicted molar refractivity (Wildman–Crippen MR) is 115 cm³/mol. The van der Waals surface area contributed by atoms with Crippen LogP contribution < -0.4 is 4.74 Å². The fraction of sp³-hybridized carbons (Fsp3) is 0.435. The maximum Gasteiger partial charge on any atom is 0.160 e. The van der Waals surface area contributed by atoms with Crippen LogP contribution in [0.2, 0.25) is 5.02 Å². The van der Waals surface area contributed by atoms with Gasteiger partial charge in [-0.15, -0.1) is 0 Å². The standard InChI is InChI=1S/C23H28ClNO4/c1-15(25-2)14-28-20-7-4-16(5-8-20)10-18-11-17(6-9-21(18)24)22-12-19(26)13-23(27-3)29-22/h4-9,11,19,22-23,26H,10,12-14H2,1-3H3. The van der Waals surface area contributed by atoms with E-state index in [1.165, 1.54) is 0 Å². The van der Waals surface area contributed by atoms with E-state index < -0.39 is 12.4 Å². The van der Waals surface area contributed by atoms with Gasteiger partial charge < -0.3 is 19.3 Å². The predicted octanol–water partition coefficient (Wildman–Crippen LogP) is 4.59. The summed E-state index contributed by atoms with van der Waals surface area (Å²) in [6.45, 7) is 2.42. The molecule has 3 atom stereocenters. The van der Waals surface area contributed by atoms with E-state index >= 15 is 0 Å². The van der Waals surface area contributed by atoms with E-state index in [4.69, 9.17) is 25.8 Å². The highest BCUT2D eigenvalue weighted by Gasteiger charge is 2.29. The Balaban J connectivity index is 1.70. The minimum absolute atomic E-state index is 0.209. The lowest BCUT2D eigenvalue weighted by Crippen LogP contribution is -2.32. The number of nitrogens with zero attached hydrogens (tertiary/aromatic N) is 1. The van der Waals surface area contributed by atoms with Gasteiger partial charge in [0, 0.05) is 37.7 Å². The van der Waals surface area contributed by atoms with Crippen molar-refractivity contribution < 1.29 is 19.3 Å². The molecule has 1 fully saturated rings. The fourth-order valence-electron chi connectivity index (χ4n) is 3.33. The Morgan fingerprint density at radius 1 is 1.21 bits per heavy atom. The third kappa shape index (κ3) is 6.03. The molecule has 0 saturated carbocycles. The van der Waals surface area contributed by atoms with Crippen LogP contribution in [-0.4, -0.2) is 44.0 Å². The minimum Gasteiger partial charge on any atom is -0.488 e. The van der Waals surface area contributed by atoms with Crippen molar-refractivity contribution in [3.63, 3.8) is 0 Å². The summed E-state index contributed by atoms with van der Waals surface area (Å²) in [5, 5.41) is 10.8. The molecule has 0 bridgehead atoms. The number of methoxy groups -OCH3 is 1. The van der Waals surface area contributed by atoms with Crippen LogP contribution in [0.4, 0.5) is 0 Å². The summed E-state index contributed by atoms with van der Waals surface area (Å²) in [5.74, 6) is 0.812. The van der Waals surface area contributed by atoms with Crippen molar-refractivity contribution in [2.45, 2.75) is 44.7 Å². The third-order valence-corrected chi connectivity index (χ3v) is 5.49. The minimum atomic E-state index is -0.438. The Morgan fingerprint density at radius 2 is 1.97 bits per heavy atom. The third-order valence-electron chi connectivity index (χ3n) is 5.12. The molecule has 156 valence electrons. The number of benzene rings is 2. The van der Waals surface area contributed by atoms with E-state index in [2.05, 4.69) is 11.1 Å². The van der Waals surface area contributed by atoms with Gasteiger partial charge in [-0.25, -0.2) is 0 Å². The molecule has 3 rings (SSSR count). The first-order chi connectivity index (χ1) is 14.0. The van der Waals surface area contributed by atoms with Crippen LogP contribution in [0.15, 0.2) is 47.5 Å². The molecule has 1 aliphatic heterocycles. The molecule has 1 saturated heterocycles. The molecule has 0 aromatic heterocycles. The summed E-state index contributed by atoms with van der Waals surface area (Å²) in [4.78, 5) is 4.09. The molecule has 0 amide bonds. The molecule has 1 heterocycles. The summed E-state index contributed by atoms with van der Waals surface area (Å²) in [6.07, 6.45) is 0.701. The quantitative estimate of drug-likeness (QED) is 0.669. The Kier molecular flexibility index (Phi) is 7.67. The van der Waals surface area contributed by atoms with Gasteiger partial charge >= 0.3 is 0 Å². The number of rotatable bonds is 7. The highest BCUT2D eigenvalue weighted by Crippen LogP contribution is 2.34. The van der Waals surface area contributed by atoms with E-state index in [1.54, 1.807) is 14.2 Å². The maximum absolute atomic E-state index is 10.1. The molecule has 0 aliphatic carbocycles. The van der Waals surface area contributed by atoms with Gasteiger partial charge in [0.05, 0.1) is 12.2 Å². The summed E-state index contributed by atoms with van der Waals surface area (Å²) in [5.41, 5.74) is 4.10.